The third kappa shape index (κ3) is 3.55. The molecule has 0 saturated carbocycles. The van der Waals surface area contributed by atoms with E-state index in [0.717, 1.165) is 24.2 Å². The molecule has 3 rings (SSSR count). The monoisotopic (exact) mass is 325 g/mol. The van der Waals surface area contributed by atoms with Crippen molar-refractivity contribution in [1.82, 2.24) is 14.9 Å². The smallest absolute Gasteiger partial charge is 0.348 e. The van der Waals surface area contributed by atoms with Crippen LogP contribution in [0.25, 0.3) is 0 Å². The Morgan fingerprint density at radius 2 is 2.12 bits per heavy atom. The van der Waals surface area contributed by atoms with Gasteiger partial charge in [0.1, 0.15) is 0 Å². The first kappa shape index (κ1) is 16.4. The summed E-state index contributed by atoms with van der Waals surface area (Å²) in [6.07, 6.45) is 2.60. The van der Waals surface area contributed by atoms with Crippen molar-refractivity contribution in [2.24, 2.45) is 0 Å². The molecule has 1 aromatic carbocycles. The normalized spacial score (nSPS) is 16.0. The maximum Gasteiger partial charge on any atom is 0.348 e. The molecule has 1 aliphatic rings. The van der Waals surface area contributed by atoms with Crippen molar-refractivity contribution in [3.05, 3.63) is 63.3 Å². The van der Waals surface area contributed by atoms with Crippen LogP contribution >= 0.6 is 0 Å². The predicted molar refractivity (Wildman–Crippen MR) is 93.1 cm³/mol. The molecule has 0 spiro atoms. The van der Waals surface area contributed by atoms with Gasteiger partial charge >= 0.3 is 5.69 Å². The van der Waals surface area contributed by atoms with Crippen LogP contribution in [0.4, 0.5) is 0 Å². The van der Waals surface area contributed by atoms with E-state index in [0.29, 0.717) is 25.4 Å². The fourth-order valence-electron chi connectivity index (χ4n) is 3.51. The van der Waals surface area contributed by atoms with E-state index in [1.165, 1.54) is 11.1 Å². The number of aryl methyl sites for hydroxylation is 3. The summed E-state index contributed by atoms with van der Waals surface area (Å²) >= 11 is 0. The van der Waals surface area contributed by atoms with E-state index in [-0.39, 0.29) is 11.6 Å². The summed E-state index contributed by atoms with van der Waals surface area (Å²) < 4.78 is 1.60. The first-order valence-corrected chi connectivity index (χ1v) is 8.44. The summed E-state index contributed by atoms with van der Waals surface area (Å²) in [5, 5.41) is 2.93. The van der Waals surface area contributed by atoms with Crippen LogP contribution in [0.2, 0.25) is 0 Å². The molecule has 126 valence electrons. The number of nitrogens with zero attached hydrogens (tertiary/aromatic N) is 2. The molecule has 5 nitrogen and oxygen atoms in total. The van der Waals surface area contributed by atoms with E-state index in [4.69, 9.17) is 0 Å². The molecule has 0 bridgehead atoms. The van der Waals surface area contributed by atoms with Crippen LogP contribution in [0, 0.1) is 13.8 Å². The highest BCUT2D eigenvalue weighted by molar-refractivity contribution is 5.77. The maximum atomic E-state index is 12.2. The average molecular weight is 325 g/mol. The molecule has 5 heteroatoms. The summed E-state index contributed by atoms with van der Waals surface area (Å²) in [4.78, 5) is 28.0. The lowest BCUT2D eigenvalue weighted by molar-refractivity contribution is -0.121. The number of hydrogen-bond donors (Lipinski definition) is 1. The zero-order valence-electron chi connectivity index (χ0n) is 14.2. The number of benzene rings is 1. The Kier molecular flexibility index (Phi) is 4.79. The molecule has 0 saturated heterocycles. The zero-order chi connectivity index (χ0) is 17.1. The van der Waals surface area contributed by atoms with Crippen LogP contribution in [0.5, 0.6) is 0 Å². The first-order chi connectivity index (χ1) is 11.5. The Labute approximate surface area is 141 Å². The summed E-state index contributed by atoms with van der Waals surface area (Å²) in [5.74, 6) is 0.356. The van der Waals surface area contributed by atoms with Crippen LogP contribution in [0.15, 0.2) is 35.1 Å². The average Bonchev–Trinajstić information content (AvgIpc) is 2.93. The Morgan fingerprint density at radius 3 is 2.92 bits per heavy atom. The Hall–Kier alpha value is -2.43. The van der Waals surface area contributed by atoms with E-state index in [2.05, 4.69) is 28.5 Å². The minimum absolute atomic E-state index is 0.0440. The van der Waals surface area contributed by atoms with Crippen LogP contribution in [0.1, 0.15) is 41.3 Å². The molecule has 1 aromatic heterocycles. The van der Waals surface area contributed by atoms with Crippen LogP contribution in [-0.2, 0) is 17.8 Å². The minimum atomic E-state index is -0.258. The highest BCUT2D eigenvalue weighted by atomic mass is 16.2. The molecule has 1 atom stereocenters. The third-order valence-electron chi connectivity index (χ3n) is 4.69. The molecule has 1 amide bonds. The molecule has 1 N–H and O–H groups in total. The SMILES string of the molecule is Cc1cc(C)n(CCNC(=O)C[C@H]2CCc3ccccc32)c(=O)n1. The Morgan fingerprint density at radius 1 is 1.33 bits per heavy atom. The second-order valence-electron chi connectivity index (χ2n) is 6.46. The molecule has 0 radical (unpaired) electrons. The van der Waals surface area contributed by atoms with E-state index in [1.807, 2.05) is 19.1 Å². The standard InChI is InChI=1S/C19H23N3O2/c1-13-11-14(2)22(19(24)21-13)10-9-20-18(23)12-16-8-7-15-5-3-4-6-17(15)16/h3-6,11,16H,7-10,12H2,1-2H3,(H,20,23)/t16-/m1/s1. The molecule has 1 aliphatic carbocycles. The van der Waals surface area contributed by atoms with E-state index >= 15 is 0 Å². The summed E-state index contributed by atoms with van der Waals surface area (Å²) in [6, 6.07) is 10.2. The minimum Gasteiger partial charge on any atom is -0.354 e. The lowest BCUT2D eigenvalue weighted by atomic mass is 9.97. The van der Waals surface area contributed by atoms with Gasteiger partial charge < -0.3 is 5.32 Å². The van der Waals surface area contributed by atoms with Gasteiger partial charge in [-0.05, 0) is 49.8 Å². The molecule has 24 heavy (non-hydrogen) atoms. The molecule has 0 fully saturated rings. The number of carbonyl (C=O) groups is 1. The van der Waals surface area contributed by atoms with Gasteiger partial charge in [0.2, 0.25) is 5.91 Å². The van der Waals surface area contributed by atoms with Gasteiger partial charge in [0.15, 0.2) is 0 Å². The number of aromatic nitrogens is 2. The summed E-state index contributed by atoms with van der Waals surface area (Å²) in [7, 11) is 0. The van der Waals surface area contributed by atoms with E-state index < -0.39 is 0 Å². The number of fused-ring (bicyclic) bond motifs is 1. The fraction of sp³-hybridized carbons (Fsp3) is 0.421. The number of rotatable bonds is 5. The Bertz CT molecular complexity index is 810. The van der Waals surface area contributed by atoms with Gasteiger partial charge in [-0.25, -0.2) is 4.79 Å². The molecular formula is C19H23N3O2. The highest BCUT2D eigenvalue weighted by Crippen LogP contribution is 2.34. The van der Waals surface area contributed by atoms with Crippen molar-refractivity contribution in [3.63, 3.8) is 0 Å². The molecule has 0 aliphatic heterocycles. The van der Waals surface area contributed by atoms with Crippen LogP contribution in [0.3, 0.4) is 0 Å². The topological polar surface area (TPSA) is 64.0 Å². The molecular weight excluding hydrogens is 302 g/mol. The van der Waals surface area contributed by atoms with Crippen molar-refractivity contribution < 1.29 is 4.79 Å². The second-order valence-corrected chi connectivity index (χ2v) is 6.46. The predicted octanol–water partition coefficient (Wildman–Crippen LogP) is 2.10. The first-order valence-electron chi connectivity index (χ1n) is 8.44. The summed E-state index contributed by atoms with van der Waals surface area (Å²) in [5.41, 5.74) is 4.00. The lowest BCUT2D eigenvalue weighted by Gasteiger charge is -2.13. The summed E-state index contributed by atoms with van der Waals surface area (Å²) in [6.45, 7) is 4.58. The van der Waals surface area contributed by atoms with Crippen molar-refractivity contribution in [3.8, 4) is 0 Å². The van der Waals surface area contributed by atoms with Crippen molar-refractivity contribution in [2.75, 3.05) is 6.54 Å². The van der Waals surface area contributed by atoms with Gasteiger partial charge in [0.25, 0.3) is 0 Å². The lowest BCUT2D eigenvalue weighted by Crippen LogP contribution is -2.33. The van der Waals surface area contributed by atoms with Gasteiger partial charge in [-0.1, -0.05) is 24.3 Å². The number of nitrogens with one attached hydrogen (secondary N) is 1. The largest absolute Gasteiger partial charge is 0.354 e. The van der Waals surface area contributed by atoms with E-state index in [9.17, 15) is 9.59 Å². The van der Waals surface area contributed by atoms with Crippen molar-refractivity contribution in [2.45, 2.75) is 45.6 Å². The van der Waals surface area contributed by atoms with Gasteiger partial charge in [-0.15, -0.1) is 0 Å². The fourth-order valence-corrected chi connectivity index (χ4v) is 3.51. The second kappa shape index (κ2) is 6.99. The van der Waals surface area contributed by atoms with Crippen molar-refractivity contribution in [1.29, 1.82) is 0 Å². The van der Waals surface area contributed by atoms with E-state index in [1.54, 1.807) is 11.5 Å². The maximum absolute atomic E-state index is 12.2. The van der Waals surface area contributed by atoms with Gasteiger partial charge in [-0.2, -0.15) is 4.98 Å². The molecule has 1 heterocycles. The molecule has 0 unspecified atom stereocenters. The molecule has 2 aromatic rings. The van der Waals surface area contributed by atoms with Gasteiger partial charge in [0, 0.05) is 30.9 Å². The van der Waals surface area contributed by atoms with Crippen molar-refractivity contribution >= 4 is 5.91 Å². The Balaban J connectivity index is 1.53. The van der Waals surface area contributed by atoms with Crippen LogP contribution < -0.4 is 11.0 Å². The third-order valence-corrected chi connectivity index (χ3v) is 4.69. The van der Waals surface area contributed by atoms with Crippen LogP contribution in [-0.4, -0.2) is 22.0 Å². The number of carbonyl (C=O) groups excluding carboxylic acids is 1. The van der Waals surface area contributed by atoms with Gasteiger partial charge in [-0.3, -0.25) is 9.36 Å². The number of amides is 1. The number of hydrogen-bond acceptors (Lipinski definition) is 3. The zero-order valence-corrected chi connectivity index (χ0v) is 14.2. The van der Waals surface area contributed by atoms with Gasteiger partial charge in [0.05, 0.1) is 0 Å². The quantitative estimate of drug-likeness (QED) is 0.915. The highest BCUT2D eigenvalue weighted by Gasteiger charge is 2.23.